The van der Waals surface area contributed by atoms with Crippen LogP contribution in [-0.2, 0) is 27.1 Å². The second-order valence-electron chi connectivity index (χ2n) is 8.46. The molecule has 4 rings (SSSR count). The van der Waals surface area contributed by atoms with Crippen molar-refractivity contribution in [3.63, 3.8) is 0 Å². The summed E-state index contributed by atoms with van der Waals surface area (Å²) < 4.78 is 26.4. The smallest absolute Gasteiger partial charge is 0.323 e. The third-order valence-electron chi connectivity index (χ3n) is 5.46. The third-order valence-corrected chi connectivity index (χ3v) is 7.60. The van der Waals surface area contributed by atoms with E-state index in [4.69, 9.17) is 9.05 Å². The SMILES string of the molecule is CC1CC(C)O[P+](O)(Cc2ccc(NC(=O)/C=C/c3cnn(C)c3-c3ccc(F)cc3)cc2)O1. The van der Waals surface area contributed by atoms with E-state index in [-0.39, 0.29) is 23.9 Å². The molecule has 1 fully saturated rings. The van der Waals surface area contributed by atoms with E-state index >= 15 is 0 Å². The summed E-state index contributed by atoms with van der Waals surface area (Å²) in [4.78, 5) is 23.2. The van der Waals surface area contributed by atoms with E-state index in [1.165, 1.54) is 18.2 Å². The first-order valence-electron chi connectivity index (χ1n) is 11.0. The van der Waals surface area contributed by atoms with Gasteiger partial charge in [-0.05, 0) is 61.9 Å². The van der Waals surface area contributed by atoms with Crippen LogP contribution in [-0.4, -0.2) is 32.8 Å². The van der Waals surface area contributed by atoms with Gasteiger partial charge in [0.15, 0.2) is 6.16 Å². The molecule has 1 aliphatic heterocycles. The van der Waals surface area contributed by atoms with Gasteiger partial charge in [-0.1, -0.05) is 12.1 Å². The monoisotopic (exact) mass is 484 g/mol. The quantitative estimate of drug-likeness (QED) is 0.364. The number of benzene rings is 2. The van der Waals surface area contributed by atoms with Crippen molar-refractivity contribution in [1.82, 2.24) is 9.78 Å². The maximum atomic E-state index is 13.3. The summed E-state index contributed by atoms with van der Waals surface area (Å²) in [7, 11) is -1.15. The molecular weight excluding hydrogens is 456 g/mol. The van der Waals surface area contributed by atoms with Crippen molar-refractivity contribution in [3.8, 4) is 11.3 Å². The Morgan fingerprint density at radius 2 is 1.82 bits per heavy atom. The van der Waals surface area contributed by atoms with E-state index in [1.807, 2.05) is 26.0 Å². The Morgan fingerprint density at radius 1 is 1.18 bits per heavy atom. The molecule has 0 aliphatic carbocycles. The standard InChI is InChI=1S/C25H27FN3O4P/c1-17-14-18(2)33-34(31,32-17)16-19-4-11-23(12-5-19)28-24(30)13-8-21-15-27-29(3)25(21)20-6-9-22(26)10-7-20/h4-13,15,17-18,31H,14,16H2,1-3H3/p+1/b13-8+. The Hall–Kier alpha value is -2.90. The van der Waals surface area contributed by atoms with Gasteiger partial charge >= 0.3 is 7.94 Å². The van der Waals surface area contributed by atoms with Crippen molar-refractivity contribution in [2.75, 3.05) is 5.32 Å². The summed E-state index contributed by atoms with van der Waals surface area (Å²) in [6.07, 6.45) is 5.72. The molecule has 34 heavy (non-hydrogen) atoms. The lowest BCUT2D eigenvalue weighted by atomic mass is 10.1. The summed E-state index contributed by atoms with van der Waals surface area (Å²) in [5.74, 6) is -0.610. The number of aromatic nitrogens is 2. The first kappa shape index (κ1) is 24.2. The Morgan fingerprint density at radius 3 is 2.47 bits per heavy atom. The normalized spacial score (nSPS) is 22.7. The zero-order chi connectivity index (χ0) is 24.3. The number of nitrogens with one attached hydrogen (secondary N) is 1. The second kappa shape index (κ2) is 10.2. The van der Waals surface area contributed by atoms with Crippen LogP contribution >= 0.6 is 7.94 Å². The number of nitrogens with zero attached hydrogens (tertiary/aromatic N) is 2. The highest BCUT2D eigenvalue weighted by Crippen LogP contribution is 2.64. The molecule has 0 bridgehead atoms. The van der Waals surface area contributed by atoms with E-state index in [0.717, 1.165) is 28.8 Å². The fourth-order valence-corrected chi connectivity index (χ4v) is 6.19. The van der Waals surface area contributed by atoms with E-state index < -0.39 is 7.94 Å². The molecule has 2 aromatic carbocycles. The van der Waals surface area contributed by atoms with Crippen LogP contribution in [0.15, 0.2) is 60.8 Å². The molecule has 2 atom stereocenters. The first-order chi connectivity index (χ1) is 16.2. The number of anilines is 1. The lowest BCUT2D eigenvalue weighted by Crippen LogP contribution is -2.27. The van der Waals surface area contributed by atoms with Gasteiger partial charge < -0.3 is 5.32 Å². The van der Waals surface area contributed by atoms with Crippen LogP contribution in [0.25, 0.3) is 17.3 Å². The highest BCUT2D eigenvalue weighted by Gasteiger charge is 2.48. The predicted octanol–water partition coefficient (Wildman–Crippen LogP) is 5.35. The van der Waals surface area contributed by atoms with Crippen LogP contribution in [0, 0.1) is 5.82 Å². The lowest BCUT2D eigenvalue weighted by molar-refractivity contribution is -0.111. The van der Waals surface area contributed by atoms with Crippen molar-refractivity contribution in [3.05, 3.63) is 77.7 Å². The fraction of sp³-hybridized carbons (Fsp3) is 0.280. The zero-order valence-corrected chi connectivity index (χ0v) is 20.2. The molecule has 0 radical (unpaired) electrons. The second-order valence-corrected chi connectivity index (χ2v) is 10.5. The number of carbonyl (C=O) groups excluding carboxylic acids is 1. The molecule has 9 heteroatoms. The van der Waals surface area contributed by atoms with Gasteiger partial charge in [0.25, 0.3) is 0 Å². The van der Waals surface area contributed by atoms with Crippen LogP contribution in [0.1, 0.15) is 31.4 Å². The summed E-state index contributed by atoms with van der Waals surface area (Å²) in [6, 6.07) is 13.4. The van der Waals surface area contributed by atoms with E-state index in [9.17, 15) is 14.1 Å². The van der Waals surface area contributed by atoms with Gasteiger partial charge in [-0.25, -0.2) is 4.39 Å². The maximum Gasteiger partial charge on any atom is 0.414 e. The van der Waals surface area contributed by atoms with E-state index in [2.05, 4.69) is 10.4 Å². The number of halogens is 1. The largest absolute Gasteiger partial charge is 0.414 e. The molecule has 2 unspecified atom stereocenters. The fourth-order valence-electron chi connectivity index (χ4n) is 4.03. The van der Waals surface area contributed by atoms with Gasteiger partial charge in [-0.2, -0.15) is 19.0 Å². The van der Waals surface area contributed by atoms with Crippen molar-refractivity contribution in [2.24, 2.45) is 7.05 Å². The first-order valence-corrected chi connectivity index (χ1v) is 12.8. The topological polar surface area (TPSA) is 85.6 Å². The van der Waals surface area contributed by atoms with E-state index in [0.29, 0.717) is 11.8 Å². The van der Waals surface area contributed by atoms with Gasteiger partial charge in [-0.15, -0.1) is 0 Å². The molecule has 1 aliphatic rings. The summed E-state index contributed by atoms with van der Waals surface area (Å²) >= 11 is 0. The predicted molar refractivity (Wildman–Crippen MR) is 131 cm³/mol. The van der Waals surface area contributed by atoms with Crippen molar-refractivity contribution < 1.29 is 23.1 Å². The van der Waals surface area contributed by atoms with Crippen molar-refractivity contribution >= 4 is 25.6 Å². The van der Waals surface area contributed by atoms with Gasteiger partial charge in [0.2, 0.25) is 5.91 Å². The molecule has 3 aromatic rings. The van der Waals surface area contributed by atoms with Crippen LogP contribution in [0.2, 0.25) is 0 Å². The van der Waals surface area contributed by atoms with Crippen LogP contribution in [0.5, 0.6) is 0 Å². The summed E-state index contributed by atoms with van der Waals surface area (Å²) in [5.41, 5.74) is 3.82. The van der Waals surface area contributed by atoms with Gasteiger partial charge in [-0.3, -0.25) is 9.48 Å². The van der Waals surface area contributed by atoms with Crippen molar-refractivity contribution in [1.29, 1.82) is 0 Å². The minimum absolute atomic E-state index is 0.0455. The minimum atomic E-state index is -2.94. The maximum absolute atomic E-state index is 13.3. The van der Waals surface area contributed by atoms with Gasteiger partial charge in [0, 0.05) is 36.4 Å². The molecule has 0 spiro atoms. The van der Waals surface area contributed by atoms with E-state index in [1.54, 1.807) is 48.3 Å². The average molecular weight is 484 g/mol. The Balaban J connectivity index is 1.39. The molecule has 1 amide bonds. The number of aryl methyl sites for hydroxylation is 1. The Labute approximate surface area is 198 Å². The Bertz CT molecular complexity index is 1170. The van der Waals surface area contributed by atoms with Crippen molar-refractivity contribution in [2.45, 2.75) is 38.6 Å². The third kappa shape index (κ3) is 5.96. The molecule has 2 N–H and O–H groups in total. The highest BCUT2D eigenvalue weighted by atomic mass is 31.2. The van der Waals surface area contributed by atoms with Gasteiger partial charge in [0.05, 0.1) is 11.9 Å². The van der Waals surface area contributed by atoms with Crippen LogP contribution in [0.3, 0.4) is 0 Å². The molecule has 2 heterocycles. The number of rotatable bonds is 6. The number of amides is 1. The Kier molecular flexibility index (Phi) is 7.24. The van der Waals surface area contributed by atoms with Crippen LogP contribution in [0.4, 0.5) is 10.1 Å². The molecule has 1 saturated heterocycles. The number of carbonyl (C=O) groups is 1. The zero-order valence-electron chi connectivity index (χ0n) is 19.3. The molecule has 178 valence electrons. The summed E-state index contributed by atoms with van der Waals surface area (Å²) in [6.45, 7) is 3.87. The minimum Gasteiger partial charge on any atom is -0.323 e. The average Bonchev–Trinajstić information content (AvgIpc) is 3.13. The van der Waals surface area contributed by atoms with Crippen LogP contribution < -0.4 is 5.32 Å². The molecule has 1 aromatic heterocycles. The highest BCUT2D eigenvalue weighted by molar-refractivity contribution is 7.59. The molecular formula is C25H28FN3O4P+. The number of hydrogen-bond donors (Lipinski definition) is 2. The molecule has 7 nitrogen and oxygen atoms in total. The number of hydrogen-bond acceptors (Lipinski definition) is 5. The van der Waals surface area contributed by atoms with Gasteiger partial charge in [0.1, 0.15) is 18.0 Å². The summed E-state index contributed by atoms with van der Waals surface area (Å²) in [5, 5.41) is 7.07. The lowest BCUT2D eigenvalue weighted by Gasteiger charge is -2.29. The molecule has 0 saturated carbocycles.